The molecule has 0 aliphatic carbocycles. The third kappa shape index (κ3) is 3.36. The van der Waals surface area contributed by atoms with Crippen LogP contribution < -0.4 is 15.5 Å². The van der Waals surface area contributed by atoms with E-state index in [2.05, 4.69) is 5.32 Å². The minimum absolute atomic E-state index is 0. The molecule has 2 N–H and O–H groups in total. The van der Waals surface area contributed by atoms with E-state index in [0.717, 1.165) is 29.7 Å². The molecular formula is C11H17BClNO3. The molecule has 1 heterocycles. The second-order valence-corrected chi connectivity index (χ2v) is 3.80. The van der Waals surface area contributed by atoms with Crippen molar-refractivity contribution in [2.75, 3.05) is 20.2 Å². The lowest BCUT2D eigenvalue weighted by atomic mass is 9.79. The van der Waals surface area contributed by atoms with Crippen molar-refractivity contribution in [2.24, 2.45) is 0 Å². The van der Waals surface area contributed by atoms with Gasteiger partial charge in [0, 0.05) is 5.46 Å². The summed E-state index contributed by atoms with van der Waals surface area (Å²) in [4.78, 5) is 0. The van der Waals surface area contributed by atoms with E-state index in [4.69, 9.17) is 9.39 Å². The van der Waals surface area contributed by atoms with Crippen molar-refractivity contribution in [3.05, 3.63) is 23.8 Å². The lowest BCUT2D eigenvalue weighted by Crippen LogP contribution is -2.30. The molecule has 0 aromatic heterocycles. The first-order valence-electron chi connectivity index (χ1n) is 5.52. The fraction of sp³-hybridized carbons (Fsp3) is 0.455. The fourth-order valence-corrected chi connectivity index (χ4v) is 1.80. The molecule has 0 unspecified atom stereocenters. The van der Waals surface area contributed by atoms with Gasteiger partial charge in [0.1, 0.15) is 5.75 Å². The van der Waals surface area contributed by atoms with Crippen LogP contribution in [0.15, 0.2) is 18.2 Å². The van der Waals surface area contributed by atoms with Crippen LogP contribution in [0.3, 0.4) is 0 Å². The van der Waals surface area contributed by atoms with E-state index in [9.17, 15) is 5.02 Å². The zero-order chi connectivity index (χ0) is 11.4. The highest BCUT2D eigenvalue weighted by Crippen LogP contribution is 2.18. The first kappa shape index (κ1) is 14.3. The van der Waals surface area contributed by atoms with Gasteiger partial charge in [0.2, 0.25) is 0 Å². The van der Waals surface area contributed by atoms with Gasteiger partial charge in [-0.05, 0) is 31.6 Å². The maximum atomic E-state index is 9.65. The normalized spacial score (nSPS) is 13.2. The van der Waals surface area contributed by atoms with Crippen LogP contribution in [0.5, 0.6) is 5.75 Å². The zero-order valence-electron chi connectivity index (χ0n) is 9.81. The van der Waals surface area contributed by atoms with Gasteiger partial charge in [-0.1, -0.05) is 12.1 Å². The first-order valence-corrected chi connectivity index (χ1v) is 5.52. The van der Waals surface area contributed by atoms with Crippen molar-refractivity contribution in [1.29, 1.82) is 0 Å². The van der Waals surface area contributed by atoms with Gasteiger partial charge < -0.3 is 19.7 Å². The highest BCUT2D eigenvalue weighted by Gasteiger charge is 2.30. The van der Waals surface area contributed by atoms with E-state index in [0.29, 0.717) is 13.2 Å². The Kier molecular flexibility index (Phi) is 5.78. The summed E-state index contributed by atoms with van der Waals surface area (Å²) in [7, 11) is 1.08. The predicted octanol–water partition coefficient (Wildman–Crippen LogP) is 0.314. The number of fused-ring (bicyclic) bond motifs is 1. The number of hydrogen-bond donors (Lipinski definition) is 2. The number of ether oxygens (including phenoxy) is 1. The molecule has 17 heavy (non-hydrogen) atoms. The Morgan fingerprint density at radius 1 is 1.53 bits per heavy atom. The lowest BCUT2D eigenvalue weighted by molar-refractivity contribution is 0.274. The van der Waals surface area contributed by atoms with Crippen molar-refractivity contribution < 1.29 is 14.4 Å². The molecule has 1 aliphatic rings. The van der Waals surface area contributed by atoms with E-state index >= 15 is 0 Å². The Hall–Kier alpha value is -0.745. The molecular weight excluding hydrogens is 240 g/mol. The molecule has 1 aromatic carbocycles. The summed E-state index contributed by atoms with van der Waals surface area (Å²) in [6.07, 6.45) is 0.942. The van der Waals surface area contributed by atoms with Crippen LogP contribution in [0, 0.1) is 0 Å². The van der Waals surface area contributed by atoms with Gasteiger partial charge in [-0.25, -0.2) is 0 Å². The number of halogens is 1. The van der Waals surface area contributed by atoms with Crippen molar-refractivity contribution in [3.8, 4) is 5.75 Å². The molecule has 1 aliphatic heterocycles. The molecule has 6 heteroatoms. The molecule has 0 fully saturated rings. The van der Waals surface area contributed by atoms with E-state index in [1.807, 2.05) is 25.2 Å². The smallest absolute Gasteiger partial charge is 0.494 e. The van der Waals surface area contributed by atoms with Crippen LogP contribution in [0.1, 0.15) is 12.0 Å². The third-order valence-corrected chi connectivity index (χ3v) is 2.63. The average molecular weight is 258 g/mol. The van der Waals surface area contributed by atoms with Crippen molar-refractivity contribution >= 4 is 25.0 Å². The maximum Gasteiger partial charge on any atom is 0.495 e. The van der Waals surface area contributed by atoms with Gasteiger partial charge in [0.25, 0.3) is 0 Å². The topological polar surface area (TPSA) is 50.7 Å². The SMILES string of the molecule is CNCCCOc1cccc2c1B(O)OC2.Cl. The zero-order valence-corrected chi connectivity index (χ0v) is 10.6. The molecule has 0 atom stereocenters. The van der Waals surface area contributed by atoms with Crippen LogP contribution in [-0.2, 0) is 11.3 Å². The van der Waals surface area contributed by atoms with E-state index in [-0.39, 0.29) is 12.4 Å². The summed E-state index contributed by atoms with van der Waals surface area (Å²) in [5.74, 6) is 0.735. The molecule has 0 amide bonds. The monoisotopic (exact) mass is 257 g/mol. The van der Waals surface area contributed by atoms with E-state index in [1.165, 1.54) is 0 Å². The minimum atomic E-state index is -0.837. The highest BCUT2D eigenvalue weighted by molar-refractivity contribution is 6.62. The van der Waals surface area contributed by atoms with Gasteiger partial charge in [-0.15, -0.1) is 12.4 Å². The van der Waals surface area contributed by atoms with Crippen molar-refractivity contribution in [1.82, 2.24) is 5.32 Å². The van der Waals surface area contributed by atoms with Gasteiger partial charge in [-0.2, -0.15) is 0 Å². The second-order valence-electron chi connectivity index (χ2n) is 3.80. The van der Waals surface area contributed by atoms with Gasteiger partial charge in [0.05, 0.1) is 13.2 Å². The number of rotatable bonds is 5. The first-order chi connectivity index (χ1) is 7.83. The molecule has 0 bridgehead atoms. The highest BCUT2D eigenvalue weighted by atomic mass is 35.5. The Morgan fingerprint density at radius 3 is 3.12 bits per heavy atom. The number of benzene rings is 1. The van der Waals surface area contributed by atoms with Crippen LogP contribution in [0.2, 0.25) is 0 Å². The summed E-state index contributed by atoms with van der Waals surface area (Å²) in [5, 5.41) is 12.7. The number of nitrogens with one attached hydrogen (secondary N) is 1. The van der Waals surface area contributed by atoms with Gasteiger partial charge >= 0.3 is 7.12 Å². The Labute approximate surface area is 108 Å². The molecule has 0 saturated carbocycles. The molecule has 0 spiro atoms. The van der Waals surface area contributed by atoms with Crippen LogP contribution in [-0.4, -0.2) is 32.3 Å². The van der Waals surface area contributed by atoms with Crippen LogP contribution in [0.4, 0.5) is 0 Å². The molecule has 2 rings (SSSR count). The lowest BCUT2D eigenvalue weighted by Gasteiger charge is -2.10. The Bertz CT molecular complexity index is 365. The molecule has 0 saturated heterocycles. The molecule has 4 nitrogen and oxygen atoms in total. The summed E-state index contributed by atoms with van der Waals surface area (Å²) >= 11 is 0. The third-order valence-electron chi connectivity index (χ3n) is 2.63. The molecule has 94 valence electrons. The van der Waals surface area contributed by atoms with Crippen LogP contribution in [0.25, 0.3) is 0 Å². The largest absolute Gasteiger partial charge is 0.495 e. The minimum Gasteiger partial charge on any atom is -0.494 e. The number of hydrogen-bond acceptors (Lipinski definition) is 4. The van der Waals surface area contributed by atoms with E-state index in [1.54, 1.807) is 0 Å². The maximum absolute atomic E-state index is 9.65. The molecule has 1 aromatic rings. The Morgan fingerprint density at radius 2 is 2.35 bits per heavy atom. The van der Waals surface area contributed by atoms with Crippen LogP contribution >= 0.6 is 12.4 Å². The van der Waals surface area contributed by atoms with Crippen molar-refractivity contribution in [2.45, 2.75) is 13.0 Å². The quantitative estimate of drug-likeness (QED) is 0.589. The summed E-state index contributed by atoms with van der Waals surface area (Å²) in [6, 6.07) is 5.75. The fourth-order valence-electron chi connectivity index (χ4n) is 1.80. The summed E-state index contributed by atoms with van der Waals surface area (Å²) < 4.78 is 10.8. The van der Waals surface area contributed by atoms with Gasteiger partial charge in [-0.3, -0.25) is 0 Å². The second kappa shape index (κ2) is 6.86. The van der Waals surface area contributed by atoms with Gasteiger partial charge in [0.15, 0.2) is 0 Å². The molecule has 0 radical (unpaired) electrons. The summed E-state index contributed by atoms with van der Waals surface area (Å²) in [6.45, 7) is 2.03. The Balaban J connectivity index is 0.00000144. The summed E-state index contributed by atoms with van der Waals surface area (Å²) in [5.41, 5.74) is 1.80. The standard InChI is InChI=1S/C11H16BNO3.ClH/c1-13-6-3-7-15-10-5-2-4-9-8-16-12(14)11(9)10;/h2,4-5,13-14H,3,6-8H2,1H3;1H. The van der Waals surface area contributed by atoms with E-state index < -0.39 is 7.12 Å². The average Bonchev–Trinajstić information content (AvgIpc) is 2.68. The van der Waals surface area contributed by atoms with Crippen molar-refractivity contribution in [3.63, 3.8) is 0 Å². The predicted molar refractivity (Wildman–Crippen MR) is 70.1 cm³/mol.